The molecule has 1 aliphatic rings. The van der Waals surface area contributed by atoms with Gasteiger partial charge in [0.1, 0.15) is 11.8 Å². The molecule has 1 atom stereocenters. The van der Waals surface area contributed by atoms with Crippen LogP contribution in [0.5, 0.6) is 5.75 Å². The number of anilines is 1. The highest BCUT2D eigenvalue weighted by Gasteiger charge is 2.47. The SMILES string of the molecule is COc1ccc(S(=O)(=O)N(Cc2ccc(C)cc2)C2CC(=O)N(c3ccc(C)cc3)C2=O)cc1. The van der Waals surface area contributed by atoms with E-state index < -0.39 is 27.9 Å². The Kier molecular flexibility index (Phi) is 6.54. The molecule has 8 heteroatoms. The average molecular weight is 479 g/mol. The van der Waals surface area contributed by atoms with Gasteiger partial charge in [-0.2, -0.15) is 4.31 Å². The number of hydrogen-bond acceptors (Lipinski definition) is 5. The number of sulfonamides is 1. The van der Waals surface area contributed by atoms with Gasteiger partial charge in [-0.05, 0) is 55.8 Å². The second kappa shape index (κ2) is 9.40. The third kappa shape index (κ3) is 4.60. The van der Waals surface area contributed by atoms with Gasteiger partial charge in [0, 0.05) is 6.54 Å². The number of imide groups is 1. The van der Waals surface area contributed by atoms with Gasteiger partial charge in [-0.15, -0.1) is 0 Å². The summed E-state index contributed by atoms with van der Waals surface area (Å²) >= 11 is 0. The number of amides is 2. The molecule has 2 amide bonds. The van der Waals surface area contributed by atoms with Gasteiger partial charge < -0.3 is 4.74 Å². The number of carbonyl (C=O) groups is 2. The lowest BCUT2D eigenvalue weighted by Gasteiger charge is -2.27. The van der Waals surface area contributed by atoms with Crippen LogP contribution in [0.4, 0.5) is 5.69 Å². The molecule has 176 valence electrons. The molecular formula is C26H26N2O5S. The molecule has 1 aliphatic heterocycles. The fraction of sp³-hybridized carbons (Fsp3) is 0.231. The summed E-state index contributed by atoms with van der Waals surface area (Å²) in [6.07, 6.45) is -0.228. The third-order valence-electron chi connectivity index (χ3n) is 5.89. The number of rotatable bonds is 7. The van der Waals surface area contributed by atoms with Crippen molar-refractivity contribution in [1.82, 2.24) is 4.31 Å². The topological polar surface area (TPSA) is 84.0 Å². The Morgan fingerprint density at radius 2 is 1.44 bits per heavy atom. The van der Waals surface area contributed by atoms with E-state index in [9.17, 15) is 18.0 Å². The molecule has 1 saturated heterocycles. The number of methoxy groups -OCH3 is 1. The van der Waals surface area contributed by atoms with Gasteiger partial charge in [0.05, 0.1) is 24.1 Å². The molecule has 0 spiro atoms. The number of nitrogens with zero attached hydrogens (tertiary/aromatic N) is 2. The summed E-state index contributed by atoms with van der Waals surface area (Å²) in [5.41, 5.74) is 3.17. The zero-order valence-electron chi connectivity index (χ0n) is 19.3. The van der Waals surface area contributed by atoms with Crippen molar-refractivity contribution in [1.29, 1.82) is 0 Å². The van der Waals surface area contributed by atoms with E-state index in [2.05, 4.69) is 0 Å². The van der Waals surface area contributed by atoms with E-state index in [0.29, 0.717) is 11.4 Å². The Morgan fingerprint density at radius 3 is 2.00 bits per heavy atom. The summed E-state index contributed by atoms with van der Waals surface area (Å²) in [6, 6.07) is 19.2. The van der Waals surface area contributed by atoms with Gasteiger partial charge >= 0.3 is 0 Å². The van der Waals surface area contributed by atoms with Crippen LogP contribution in [-0.2, 0) is 26.2 Å². The molecule has 1 unspecified atom stereocenters. The lowest BCUT2D eigenvalue weighted by Crippen LogP contribution is -2.45. The second-order valence-corrected chi connectivity index (χ2v) is 10.2. The Morgan fingerprint density at radius 1 is 0.882 bits per heavy atom. The van der Waals surface area contributed by atoms with Crippen LogP contribution in [0.3, 0.4) is 0 Å². The zero-order chi connectivity index (χ0) is 24.5. The fourth-order valence-electron chi connectivity index (χ4n) is 3.93. The summed E-state index contributed by atoms with van der Waals surface area (Å²) in [5, 5.41) is 0. The van der Waals surface area contributed by atoms with Crippen molar-refractivity contribution in [3.63, 3.8) is 0 Å². The maximum Gasteiger partial charge on any atom is 0.252 e. The van der Waals surface area contributed by atoms with Crippen LogP contribution in [0.1, 0.15) is 23.1 Å². The first kappa shape index (κ1) is 23.7. The summed E-state index contributed by atoms with van der Waals surface area (Å²) in [5.74, 6) is -0.475. The Hall–Kier alpha value is -3.49. The van der Waals surface area contributed by atoms with Crippen molar-refractivity contribution in [2.45, 2.75) is 37.8 Å². The summed E-state index contributed by atoms with van der Waals surface area (Å²) in [7, 11) is -2.61. The van der Waals surface area contributed by atoms with E-state index in [1.165, 1.54) is 19.2 Å². The van der Waals surface area contributed by atoms with E-state index in [4.69, 9.17) is 4.74 Å². The van der Waals surface area contributed by atoms with Crippen molar-refractivity contribution in [3.05, 3.63) is 89.5 Å². The normalized spacial score (nSPS) is 16.4. The number of ether oxygens (including phenoxy) is 1. The lowest BCUT2D eigenvalue weighted by molar-refractivity contribution is -0.122. The van der Waals surface area contributed by atoms with E-state index >= 15 is 0 Å². The number of hydrogen-bond donors (Lipinski definition) is 0. The van der Waals surface area contributed by atoms with E-state index in [1.807, 2.05) is 38.1 Å². The van der Waals surface area contributed by atoms with Crippen LogP contribution in [0, 0.1) is 13.8 Å². The molecule has 0 bridgehead atoms. The van der Waals surface area contributed by atoms with Crippen molar-refractivity contribution >= 4 is 27.5 Å². The maximum absolute atomic E-state index is 13.7. The van der Waals surface area contributed by atoms with Crippen LogP contribution >= 0.6 is 0 Å². The van der Waals surface area contributed by atoms with Gasteiger partial charge in [-0.3, -0.25) is 9.59 Å². The smallest absolute Gasteiger partial charge is 0.252 e. The first-order valence-corrected chi connectivity index (χ1v) is 12.3. The third-order valence-corrected chi connectivity index (χ3v) is 7.76. The van der Waals surface area contributed by atoms with Gasteiger partial charge in [0.2, 0.25) is 15.9 Å². The number of benzene rings is 3. The van der Waals surface area contributed by atoms with Gasteiger partial charge in [0.15, 0.2) is 0 Å². The number of carbonyl (C=O) groups excluding carboxylic acids is 2. The van der Waals surface area contributed by atoms with E-state index in [-0.39, 0.29) is 17.9 Å². The van der Waals surface area contributed by atoms with Gasteiger partial charge in [0.25, 0.3) is 5.91 Å². The molecule has 0 aliphatic carbocycles. The van der Waals surface area contributed by atoms with Crippen molar-refractivity contribution in [2.75, 3.05) is 12.0 Å². The van der Waals surface area contributed by atoms with Crippen LogP contribution < -0.4 is 9.64 Å². The summed E-state index contributed by atoms with van der Waals surface area (Å²) < 4.78 is 33.7. The van der Waals surface area contributed by atoms with Crippen LogP contribution in [0.25, 0.3) is 0 Å². The highest BCUT2D eigenvalue weighted by Crippen LogP contribution is 2.31. The minimum Gasteiger partial charge on any atom is -0.497 e. The monoisotopic (exact) mass is 478 g/mol. The molecule has 4 rings (SSSR count). The predicted molar refractivity (Wildman–Crippen MR) is 129 cm³/mol. The van der Waals surface area contributed by atoms with E-state index in [0.717, 1.165) is 25.9 Å². The molecule has 3 aromatic carbocycles. The van der Waals surface area contributed by atoms with Crippen molar-refractivity contribution in [2.24, 2.45) is 0 Å². The first-order valence-electron chi connectivity index (χ1n) is 10.9. The lowest BCUT2D eigenvalue weighted by atomic mass is 10.1. The molecule has 3 aromatic rings. The van der Waals surface area contributed by atoms with Crippen LogP contribution in [-0.4, -0.2) is 37.7 Å². The molecule has 0 aromatic heterocycles. The predicted octanol–water partition coefficient (Wildman–Crippen LogP) is 3.84. The highest BCUT2D eigenvalue weighted by molar-refractivity contribution is 7.89. The van der Waals surface area contributed by atoms with Gasteiger partial charge in [-0.1, -0.05) is 47.5 Å². The van der Waals surface area contributed by atoms with E-state index in [1.54, 1.807) is 36.4 Å². The highest BCUT2D eigenvalue weighted by atomic mass is 32.2. The second-order valence-electron chi connectivity index (χ2n) is 8.33. The number of aryl methyl sites for hydroxylation is 2. The Labute approximate surface area is 199 Å². The van der Waals surface area contributed by atoms with Crippen LogP contribution in [0.2, 0.25) is 0 Å². The standard InChI is InChI=1S/C26H26N2O5S/c1-18-4-8-20(9-5-18)17-27(34(31,32)23-14-12-22(33-3)13-15-23)24-16-25(29)28(26(24)30)21-10-6-19(2)7-11-21/h4-15,24H,16-17H2,1-3H3. The average Bonchev–Trinajstić information content (AvgIpc) is 3.12. The quantitative estimate of drug-likeness (QED) is 0.482. The molecule has 1 heterocycles. The van der Waals surface area contributed by atoms with Crippen molar-refractivity contribution in [3.8, 4) is 5.75 Å². The molecule has 0 radical (unpaired) electrons. The molecule has 7 nitrogen and oxygen atoms in total. The molecule has 1 fully saturated rings. The Balaban J connectivity index is 1.74. The largest absolute Gasteiger partial charge is 0.497 e. The molecular weight excluding hydrogens is 452 g/mol. The van der Waals surface area contributed by atoms with Crippen LogP contribution in [0.15, 0.2) is 77.7 Å². The maximum atomic E-state index is 13.7. The Bertz CT molecular complexity index is 1300. The molecule has 34 heavy (non-hydrogen) atoms. The van der Waals surface area contributed by atoms with Gasteiger partial charge in [-0.25, -0.2) is 13.3 Å². The van der Waals surface area contributed by atoms with Crippen molar-refractivity contribution < 1.29 is 22.7 Å². The molecule has 0 N–H and O–H groups in total. The minimum absolute atomic E-state index is 0.0226. The first-order chi connectivity index (χ1) is 16.2. The summed E-state index contributed by atoms with van der Waals surface area (Å²) in [6.45, 7) is 3.80. The molecule has 0 saturated carbocycles. The minimum atomic E-state index is -4.11. The fourth-order valence-corrected chi connectivity index (χ4v) is 5.49. The zero-order valence-corrected chi connectivity index (χ0v) is 20.1. The summed E-state index contributed by atoms with van der Waals surface area (Å²) in [4.78, 5) is 27.4.